The SMILES string of the molecule is CCCCOC(=O)C=CCC[O-].[NH3+]S(=O)(=O)C(F)(F)F. The molecule has 0 aliphatic heterocycles. The minimum atomic E-state index is -5.20. The molecule has 0 aromatic carbocycles. The Morgan fingerprint density at radius 1 is 1.40 bits per heavy atom. The smallest absolute Gasteiger partial charge is 0.549 e. The first-order chi connectivity index (χ1) is 9.06. The fourth-order valence-electron chi connectivity index (χ4n) is 0.613. The summed E-state index contributed by atoms with van der Waals surface area (Å²) in [6, 6.07) is 0. The van der Waals surface area contributed by atoms with Gasteiger partial charge >= 0.3 is 21.5 Å². The van der Waals surface area contributed by atoms with Crippen molar-refractivity contribution in [1.29, 1.82) is 0 Å². The Balaban J connectivity index is 0. The van der Waals surface area contributed by atoms with Gasteiger partial charge in [0, 0.05) is 6.08 Å². The van der Waals surface area contributed by atoms with E-state index in [9.17, 15) is 31.5 Å². The maximum absolute atomic E-state index is 10.9. The lowest BCUT2D eigenvalue weighted by atomic mass is 10.3. The van der Waals surface area contributed by atoms with Crippen molar-refractivity contribution in [3.8, 4) is 0 Å². The maximum atomic E-state index is 10.9. The number of carbonyl (C=O) groups is 1. The monoisotopic (exact) mass is 321 g/mol. The van der Waals surface area contributed by atoms with Gasteiger partial charge in [-0.2, -0.15) is 21.6 Å². The predicted octanol–water partition coefficient (Wildman–Crippen LogP) is -0.286. The zero-order chi connectivity index (χ0) is 16.2. The van der Waals surface area contributed by atoms with Crippen molar-refractivity contribution in [2.24, 2.45) is 0 Å². The lowest BCUT2D eigenvalue weighted by Crippen LogP contribution is -2.62. The molecule has 0 fully saturated rings. The number of hydrogen-bond acceptors (Lipinski definition) is 5. The van der Waals surface area contributed by atoms with Crippen molar-refractivity contribution < 1.29 is 41.4 Å². The van der Waals surface area contributed by atoms with Crippen LogP contribution in [0.4, 0.5) is 13.2 Å². The van der Waals surface area contributed by atoms with Crippen molar-refractivity contribution >= 4 is 16.0 Å². The minimum absolute atomic E-state index is 0.182. The van der Waals surface area contributed by atoms with E-state index in [2.05, 4.69) is 0 Å². The van der Waals surface area contributed by atoms with E-state index >= 15 is 0 Å². The Morgan fingerprint density at radius 2 is 1.90 bits per heavy atom. The molecule has 0 unspecified atom stereocenters. The molecule has 3 N–H and O–H groups in total. The van der Waals surface area contributed by atoms with Gasteiger partial charge in [-0.1, -0.05) is 19.4 Å². The standard InChI is InChI=1S/C9H15O3.CH2F3NO2S/c1-2-3-8-12-9(11)6-4-5-7-10;2-1(3,4)8(5,6)7/h4,6H,2-3,5,7-8H2,1H3;(H2,5,6,7)/q-1;/p+1. The summed E-state index contributed by atoms with van der Waals surface area (Å²) >= 11 is 0. The number of quaternary nitrogens is 1. The molecule has 0 aromatic heterocycles. The molecule has 0 heterocycles. The van der Waals surface area contributed by atoms with Crippen molar-refractivity contribution in [3.63, 3.8) is 0 Å². The highest BCUT2D eigenvalue weighted by Crippen LogP contribution is 2.17. The third-order valence-electron chi connectivity index (χ3n) is 1.63. The number of sulfonamides is 1. The van der Waals surface area contributed by atoms with E-state index in [1.165, 1.54) is 6.08 Å². The molecule has 0 amide bonds. The molecule has 10 heteroatoms. The number of rotatable bonds is 6. The first-order valence-corrected chi connectivity index (χ1v) is 7.27. The van der Waals surface area contributed by atoms with Gasteiger partial charge in [0.25, 0.3) is 0 Å². The fraction of sp³-hybridized carbons (Fsp3) is 0.700. The highest BCUT2D eigenvalue weighted by atomic mass is 32.2. The van der Waals surface area contributed by atoms with Crippen LogP contribution in [-0.2, 0) is 19.6 Å². The van der Waals surface area contributed by atoms with Gasteiger partial charge in [0.2, 0.25) is 0 Å². The van der Waals surface area contributed by atoms with Crippen LogP contribution in [0.3, 0.4) is 0 Å². The molecule has 0 saturated heterocycles. The molecule has 0 aliphatic carbocycles. The molecule has 0 atom stereocenters. The second-order valence-corrected chi connectivity index (χ2v) is 5.17. The number of ether oxygens (including phenoxy) is 1. The van der Waals surface area contributed by atoms with Crippen LogP contribution in [0.15, 0.2) is 12.2 Å². The van der Waals surface area contributed by atoms with Crippen molar-refractivity contribution in [2.45, 2.75) is 31.7 Å². The van der Waals surface area contributed by atoms with E-state index in [0.717, 1.165) is 12.8 Å². The fourth-order valence-corrected chi connectivity index (χ4v) is 0.613. The van der Waals surface area contributed by atoms with E-state index in [0.29, 0.717) is 13.0 Å². The molecule has 0 aliphatic rings. The molecule has 0 saturated carbocycles. The number of unbranched alkanes of at least 4 members (excludes halogenated alkanes) is 1. The Morgan fingerprint density at radius 3 is 2.25 bits per heavy atom. The van der Waals surface area contributed by atoms with Crippen LogP contribution in [0.5, 0.6) is 0 Å². The van der Waals surface area contributed by atoms with E-state index in [4.69, 9.17) is 4.74 Å². The predicted molar refractivity (Wildman–Crippen MR) is 62.4 cm³/mol. The lowest BCUT2D eigenvalue weighted by molar-refractivity contribution is -0.366. The lowest BCUT2D eigenvalue weighted by Gasteiger charge is -1.99. The molecule has 120 valence electrons. The van der Waals surface area contributed by atoms with Crippen LogP contribution in [0, 0.1) is 0 Å². The highest BCUT2D eigenvalue weighted by Gasteiger charge is 2.46. The zero-order valence-electron chi connectivity index (χ0n) is 11.0. The first-order valence-electron chi connectivity index (χ1n) is 5.62. The van der Waals surface area contributed by atoms with Crippen molar-refractivity contribution in [3.05, 3.63) is 12.2 Å². The number of alkyl halides is 3. The number of carbonyl (C=O) groups excluding carboxylic acids is 1. The number of hydrogen-bond donors (Lipinski definition) is 1. The summed E-state index contributed by atoms with van der Waals surface area (Å²) in [7, 11) is -5.09. The van der Waals surface area contributed by atoms with Gasteiger partial charge in [-0.15, -0.1) is 6.61 Å². The molecule has 20 heavy (non-hydrogen) atoms. The number of halogens is 3. The van der Waals surface area contributed by atoms with Crippen LogP contribution in [0.2, 0.25) is 0 Å². The third kappa shape index (κ3) is 13.3. The largest absolute Gasteiger partial charge is 0.854 e. The maximum Gasteiger partial charge on any atom is 0.549 e. The second kappa shape index (κ2) is 10.6. The Hall–Kier alpha value is -1.13. The Bertz CT molecular complexity index is 392. The summed E-state index contributed by atoms with van der Waals surface area (Å²) in [5.41, 5.74) is -5.20. The summed E-state index contributed by atoms with van der Waals surface area (Å²) in [5.74, 6) is -0.350. The molecular weight excluding hydrogens is 303 g/mol. The van der Waals surface area contributed by atoms with E-state index in [1.54, 1.807) is 6.08 Å². The van der Waals surface area contributed by atoms with Crippen LogP contribution >= 0.6 is 0 Å². The van der Waals surface area contributed by atoms with Gasteiger partial charge in [-0.3, -0.25) is 0 Å². The van der Waals surface area contributed by atoms with Crippen LogP contribution in [-0.4, -0.2) is 33.1 Å². The summed E-state index contributed by atoms with van der Waals surface area (Å²) in [6.07, 6.45) is 5.15. The van der Waals surface area contributed by atoms with Crippen molar-refractivity contribution in [1.82, 2.24) is 0 Å². The average Bonchev–Trinajstić information content (AvgIpc) is 2.28. The van der Waals surface area contributed by atoms with Gasteiger partial charge in [0.1, 0.15) is 0 Å². The highest BCUT2D eigenvalue weighted by molar-refractivity contribution is 7.85. The normalized spacial score (nSPS) is 11.9. The summed E-state index contributed by atoms with van der Waals surface area (Å²) in [5, 5.41) is 11.9. The minimum Gasteiger partial charge on any atom is -0.854 e. The third-order valence-corrected chi connectivity index (χ3v) is 2.34. The molecule has 0 radical (unpaired) electrons. The second-order valence-electron chi connectivity index (χ2n) is 3.48. The Labute approximate surface area is 115 Å². The van der Waals surface area contributed by atoms with Crippen LogP contribution in [0.25, 0.3) is 0 Å². The van der Waals surface area contributed by atoms with Gasteiger partial charge in [-0.25, -0.2) is 9.93 Å². The molecule has 0 bridgehead atoms. The average molecular weight is 321 g/mol. The van der Waals surface area contributed by atoms with Crippen LogP contribution < -0.4 is 10.2 Å². The Kier molecular flexibility index (Phi) is 11.3. The molecule has 0 spiro atoms. The van der Waals surface area contributed by atoms with Crippen LogP contribution in [0.1, 0.15) is 26.2 Å². The molecular formula is C10H18F3NO5S. The number of esters is 1. The summed E-state index contributed by atoms with van der Waals surface area (Å²) in [6.45, 7) is 2.32. The quantitative estimate of drug-likeness (QED) is 0.411. The zero-order valence-corrected chi connectivity index (χ0v) is 11.8. The summed E-state index contributed by atoms with van der Waals surface area (Å²) < 4.78 is 56.4. The van der Waals surface area contributed by atoms with E-state index in [1.807, 2.05) is 12.1 Å². The molecule has 0 rings (SSSR count). The van der Waals surface area contributed by atoms with Gasteiger partial charge in [0.05, 0.1) is 6.61 Å². The van der Waals surface area contributed by atoms with E-state index in [-0.39, 0.29) is 12.6 Å². The van der Waals surface area contributed by atoms with Gasteiger partial charge in [-0.05, 0) is 12.8 Å². The first kappa shape index (κ1) is 21.2. The molecule has 0 aromatic rings. The topological polar surface area (TPSA) is 111 Å². The molecule has 6 nitrogen and oxygen atoms in total. The van der Waals surface area contributed by atoms with Gasteiger partial charge in [0.15, 0.2) is 0 Å². The van der Waals surface area contributed by atoms with Crippen molar-refractivity contribution in [2.75, 3.05) is 13.2 Å². The van der Waals surface area contributed by atoms with E-state index < -0.39 is 15.5 Å². The van der Waals surface area contributed by atoms with Gasteiger partial charge < -0.3 is 9.84 Å². The summed E-state index contributed by atoms with van der Waals surface area (Å²) in [4.78, 5) is 10.8.